The zero-order valence-electron chi connectivity index (χ0n) is 16.8. The first kappa shape index (κ1) is 24.1. The molecule has 7 nitrogen and oxygen atoms in total. The van der Waals surface area contributed by atoms with Crippen LogP contribution in [0.15, 0.2) is 0 Å². The molecule has 0 rings (SSSR count). The van der Waals surface area contributed by atoms with Crippen LogP contribution in [-0.4, -0.2) is 42.6 Å². The molecule has 0 aliphatic carbocycles. The van der Waals surface area contributed by atoms with Gasteiger partial charge in [-0.15, -0.1) is 0 Å². The Hall–Kier alpha value is -1.92. The molecule has 150 valence electrons. The highest BCUT2D eigenvalue weighted by Gasteiger charge is 2.24. The lowest BCUT2D eigenvalue weighted by molar-refractivity contribution is -0.131. The van der Waals surface area contributed by atoms with Gasteiger partial charge in [0.15, 0.2) is 5.78 Å². The first-order chi connectivity index (χ1) is 12.2. The van der Waals surface area contributed by atoms with Crippen LogP contribution in [0.4, 0.5) is 0 Å². The first-order valence-electron chi connectivity index (χ1n) is 9.50. The van der Waals surface area contributed by atoms with Gasteiger partial charge in [0.1, 0.15) is 6.04 Å². The van der Waals surface area contributed by atoms with Crippen molar-refractivity contribution in [3.8, 4) is 0 Å². The van der Waals surface area contributed by atoms with Crippen LogP contribution >= 0.6 is 0 Å². The number of ketones is 1. The second kappa shape index (κ2) is 13.3. The molecule has 0 aliphatic heterocycles. The Morgan fingerprint density at radius 3 is 2.12 bits per heavy atom. The number of carbonyl (C=O) groups is 4. The van der Waals surface area contributed by atoms with Crippen LogP contribution in [0.25, 0.3) is 0 Å². The summed E-state index contributed by atoms with van der Waals surface area (Å²) in [5, 5.41) is 7.85. The highest BCUT2D eigenvalue weighted by molar-refractivity contribution is 5.93. The number of amides is 3. The monoisotopic (exact) mass is 369 g/mol. The lowest BCUT2D eigenvalue weighted by atomic mass is 10.0. The van der Waals surface area contributed by atoms with Crippen LogP contribution in [0.5, 0.6) is 0 Å². The summed E-state index contributed by atoms with van der Waals surface area (Å²) in [6.07, 6.45) is 3.40. The van der Waals surface area contributed by atoms with Crippen LogP contribution in [0, 0.1) is 11.8 Å². The molecule has 7 heteroatoms. The van der Waals surface area contributed by atoms with Crippen LogP contribution < -0.4 is 16.0 Å². The third kappa shape index (κ3) is 10.8. The van der Waals surface area contributed by atoms with Crippen molar-refractivity contribution in [2.75, 3.05) is 6.54 Å². The summed E-state index contributed by atoms with van der Waals surface area (Å²) >= 11 is 0. The number of rotatable bonds is 14. The molecule has 2 atom stereocenters. The fourth-order valence-electron chi connectivity index (χ4n) is 2.52. The van der Waals surface area contributed by atoms with Crippen LogP contribution in [0.2, 0.25) is 0 Å². The van der Waals surface area contributed by atoms with Crippen molar-refractivity contribution >= 4 is 24.0 Å². The van der Waals surface area contributed by atoms with Gasteiger partial charge in [-0.05, 0) is 31.1 Å². The minimum absolute atomic E-state index is 0.155. The lowest BCUT2D eigenvalue weighted by Crippen LogP contribution is -2.50. The largest absolute Gasteiger partial charge is 0.349 e. The molecule has 3 N–H and O–H groups in total. The second-order valence-electron chi connectivity index (χ2n) is 7.49. The fourth-order valence-corrected chi connectivity index (χ4v) is 2.52. The van der Waals surface area contributed by atoms with E-state index >= 15 is 0 Å². The number of nitrogens with one attached hydrogen (secondary N) is 3. The number of hydrogen-bond donors (Lipinski definition) is 3. The molecule has 3 amide bonds. The molecule has 0 bridgehead atoms. The third-order valence-electron chi connectivity index (χ3n) is 3.98. The third-order valence-corrected chi connectivity index (χ3v) is 3.98. The summed E-state index contributed by atoms with van der Waals surface area (Å²) < 4.78 is 0. The zero-order chi connectivity index (χ0) is 20.1. The summed E-state index contributed by atoms with van der Waals surface area (Å²) in [6.45, 7) is 9.76. The standard InChI is InChI=1S/C19H35N3O4/c1-6-7-15(21-12-23)17(24)11-20-19(26)16(10-14(4)5)22-18(25)9-8-13(2)3/h12-16H,6-11H2,1-5H3,(H,20,26)(H,21,23)(H,22,25)/t15-,16?/m0/s1. The highest BCUT2D eigenvalue weighted by atomic mass is 16.2. The summed E-state index contributed by atoms with van der Waals surface area (Å²) in [5.41, 5.74) is 0. The van der Waals surface area contributed by atoms with Gasteiger partial charge in [-0.2, -0.15) is 0 Å². The molecular formula is C19H35N3O4. The van der Waals surface area contributed by atoms with Gasteiger partial charge < -0.3 is 16.0 Å². The van der Waals surface area contributed by atoms with Gasteiger partial charge in [-0.1, -0.05) is 41.0 Å². The summed E-state index contributed by atoms with van der Waals surface area (Å²) in [4.78, 5) is 47.2. The lowest BCUT2D eigenvalue weighted by Gasteiger charge is -2.21. The van der Waals surface area contributed by atoms with Crippen LogP contribution in [-0.2, 0) is 19.2 Å². The Kier molecular flexibility index (Phi) is 12.3. The van der Waals surface area contributed by atoms with Gasteiger partial charge in [0.2, 0.25) is 18.2 Å². The maximum absolute atomic E-state index is 12.4. The maximum atomic E-state index is 12.4. The molecule has 0 saturated carbocycles. The molecule has 0 aromatic heterocycles. The van der Waals surface area contributed by atoms with E-state index in [2.05, 4.69) is 16.0 Å². The van der Waals surface area contributed by atoms with Crippen LogP contribution in [0.3, 0.4) is 0 Å². The van der Waals surface area contributed by atoms with E-state index in [0.717, 1.165) is 12.8 Å². The van der Waals surface area contributed by atoms with E-state index in [-0.39, 0.29) is 30.1 Å². The Morgan fingerprint density at radius 2 is 1.62 bits per heavy atom. The van der Waals surface area contributed by atoms with Crippen molar-refractivity contribution in [3.63, 3.8) is 0 Å². The van der Waals surface area contributed by atoms with E-state index < -0.39 is 12.1 Å². The number of hydrogen-bond acceptors (Lipinski definition) is 4. The summed E-state index contributed by atoms with van der Waals surface area (Å²) in [6, 6.07) is -1.26. The number of Topliss-reactive ketones (excluding diaryl/α,β-unsaturated/α-hetero) is 1. The Labute approximate surface area is 157 Å². The van der Waals surface area contributed by atoms with Gasteiger partial charge in [-0.25, -0.2) is 0 Å². The Balaban J connectivity index is 4.69. The van der Waals surface area contributed by atoms with Gasteiger partial charge in [-0.3, -0.25) is 19.2 Å². The van der Waals surface area contributed by atoms with Crippen molar-refractivity contribution in [1.29, 1.82) is 0 Å². The maximum Gasteiger partial charge on any atom is 0.242 e. The van der Waals surface area contributed by atoms with E-state index in [4.69, 9.17) is 0 Å². The molecule has 0 heterocycles. The summed E-state index contributed by atoms with van der Waals surface area (Å²) in [5.74, 6) is -0.140. The van der Waals surface area contributed by atoms with Crippen molar-refractivity contribution in [2.24, 2.45) is 11.8 Å². The molecule has 0 radical (unpaired) electrons. The molecule has 26 heavy (non-hydrogen) atoms. The van der Waals surface area contributed by atoms with E-state index in [9.17, 15) is 19.2 Å². The quantitative estimate of drug-likeness (QED) is 0.404. The Bertz CT molecular complexity index is 464. The topological polar surface area (TPSA) is 104 Å². The van der Waals surface area contributed by atoms with Crippen molar-refractivity contribution in [1.82, 2.24) is 16.0 Å². The second-order valence-corrected chi connectivity index (χ2v) is 7.49. The van der Waals surface area contributed by atoms with Gasteiger partial charge in [0.05, 0.1) is 12.6 Å². The number of carbonyl (C=O) groups excluding carboxylic acids is 4. The van der Waals surface area contributed by atoms with Crippen molar-refractivity contribution in [2.45, 2.75) is 78.8 Å². The fraction of sp³-hybridized carbons (Fsp3) is 0.789. The van der Waals surface area contributed by atoms with Gasteiger partial charge in [0, 0.05) is 6.42 Å². The molecule has 0 aliphatic rings. The molecule has 0 saturated heterocycles. The van der Waals surface area contributed by atoms with Gasteiger partial charge in [0.25, 0.3) is 0 Å². The minimum atomic E-state index is -0.661. The van der Waals surface area contributed by atoms with Crippen LogP contribution in [0.1, 0.15) is 66.7 Å². The van der Waals surface area contributed by atoms with Crippen molar-refractivity contribution < 1.29 is 19.2 Å². The molecular weight excluding hydrogens is 334 g/mol. The zero-order valence-corrected chi connectivity index (χ0v) is 16.8. The average Bonchev–Trinajstić information content (AvgIpc) is 2.56. The average molecular weight is 370 g/mol. The normalized spacial score (nSPS) is 13.2. The molecule has 0 aromatic carbocycles. The predicted molar refractivity (Wildman–Crippen MR) is 101 cm³/mol. The smallest absolute Gasteiger partial charge is 0.242 e. The molecule has 0 aromatic rings. The van der Waals surface area contributed by atoms with E-state index in [1.807, 2.05) is 34.6 Å². The minimum Gasteiger partial charge on any atom is -0.349 e. The van der Waals surface area contributed by atoms with E-state index in [1.54, 1.807) is 0 Å². The first-order valence-corrected chi connectivity index (χ1v) is 9.50. The summed E-state index contributed by atoms with van der Waals surface area (Å²) in [7, 11) is 0. The molecule has 1 unspecified atom stereocenters. The van der Waals surface area contributed by atoms with E-state index in [0.29, 0.717) is 31.6 Å². The van der Waals surface area contributed by atoms with Gasteiger partial charge >= 0.3 is 0 Å². The highest BCUT2D eigenvalue weighted by Crippen LogP contribution is 2.08. The SMILES string of the molecule is CCC[C@H](NC=O)C(=O)CNC(=O)C(CC(C)C)NC(=O)CCC(C)C. The molecule has 0 fully saturated rings. The molecule has 0 spiro atoms. The van der Waals surface area contributed by atoms with E-state index in [1.165, 1.54) is 0 Å². The Morgan fingerprint density at radius 1 is 0.962 bits per heavy atom. The predicted octanol–water partition coefficient (Wildman–Crippen LogP) is 1.55. The van der Waals surface area contributed by atoms with Crippen molar-refractivity contribution in [3.05, 3.63) is 0 Å².